The van der Waals surface area contributed by atoms with Crippen molar-refractivity contribution in [3.05, 3.63) is 136 Å². The monoisotopic (exact) mass is 514 g/mol. The molecule has 1 unspecified atom stereocenters. The molecule has 0 nitrogen and oxygen atoms in total. The maximum absolute atomic E-state index is 2.53. The Hall–Kier alpha value is -4.16. The molecule has 4 aliphatic carbocycles. The SMILES string of the molecule is C1=CCC2CCC(c3c4c(c(C5=CC=C(c6cccc7ccccc67)CC5)c5ccccc35)=CCCC=4)=CC2=C1. The van der Waals surface area contributed by atoms with Crippen LogP contribution in [-0.2, 0) is 0 Å². The van der Waals surface area contributed by atoms with Crippen molar-refractivity contribution in [2.45, 2.75) is 44.9 Å². The summed E-state index contributed by atoms with van der Waals surface area (Å²) in [6.45, 7) is 0. The van der Waals surface area contributed by atoms with E-state index in [1.807, 2.05) is 0 Å². The first-order valence-corrected chi connectivity index (χ1v) is 15.1. The summed E-state index contributed by atoms with van der Waals surface area (Å²) in [5.41, 5.74) is 10.3. The third-order valence-electron chi connectivity index (χ3n) is 9.51. The fourth-order valence-electron chi connectivity index (χ4n) is 7.57. The van der Waals surface area contributed by atoms with Gasteiger partial charge in [-0.25, -0.2) is 0 Å². The van der Waals surface area contributed by atoms with Crippen LogP contribution in [0.3, 0.4) is 0 Å². The minimum absolute atomic E-state index is 0.695. The van der Waals surface area contributed by atoms with Gasteiger partial charge in [-0.15, -0.1) is 0 Å². The smallest absolute Gasteiger partial charge is 0.00700 e. The molecule has 4 aromatic rings. The molecule has 0 heteroatoms. The molecule has 1 atom stereocenters. The first-order chi connectivity index (χ1) is 19.8. The van der Waals surface area contributed by atoms with Gasteiger partial charge in [0.25, 0.3) is 0 Å². The van der Waals surface area contributed by atoms with Crippen LogP contribution in [0.25, 0.3) is 50.4 Å². The lowest BCUT2D eigenvalue weighted by Gasteiger charge is -2.28. The predicted molar refractivity (Wildman–Crippen MR) is 173 cm³/mol. The van der Waals surface area contributed by atoms with Gasteiger partial charge in [0.15, 0.2) is 0 Å². The van der Waals surface area contributed by atoms with Gasteiger partial charge < -0.3 is 0 Å². The van der Waals surface area contributed by atoms with Gasteiger partial charge in [-0.1, -0.05) is 115 Å². The first-order valence-electron chi connectivity index (χ1n) is 15.1. The van der Waals surface area contributed by atoms with Gasteiger partial charge in [-0.05, 0) is 122 Å². The summed E-state index contributed by atoms with van der Waals surface area (Å²) < 4.78 is 0. The van der Waals surface area contributed by atoms with E-state index < -0.39 is 0 Å². The maximum atomic E-state index is 2.53. The molecular weight excluding hydrogens is 480 g/mol. The third kappa shape index (κ3) is 3.89. The summed E-state index contributed by atoms with van der Waals surface area (Å²) in [7, 11) is 0. The molecule has 0 aromatic heterocycles. The number of allylic oxidation sites excluding steroid dienone is 10. The average molecular weight is 515 g/mol. The van der Waals surface area contributed by atoms with Gasteiger partial charge in [0, 0.05) is 0 Å². The van der Waals surface area contributed by atoms with Crippen molar-refractivity contribution in [3.8, 4) is 0 Å². The lowest BCUT2D eigenvalue weighted by molar-refractivity contribution is 0.572. The molecule has 0 fully saturated rings. The van der Waals surface area contributed by atoms with E-state index in [2.05, 4.69) is 115 Å². The predicted octanol–water partition coefficient (Wildman–Crippen LogP) is 9.29. The minimum atomic E-state index is 0.695. The molecule has 0 saturated heterocycles. The molecule has 0 N–H and O–H groups in total. The first kappa shape index (κ1) is 23.7. The lowest BCUT2D eigenvalue weighted by atomic mass is 9.76. The van der Waals surface area contributed by atoms with Crippen molar-refractivity contribution in [3.63, 3.8) is 0 Å². The molecule has 8 rings (SSSR count). The van der Waals surface area contributed by atoms with Crippen molar-refractivity contribution in [2.75, 3.05) is 0 Å². The highest BCUT2D eigenvalue weighted by atomic mass is 14.3. The van der Waals surface area contributed by atoms with Crippen LogP contribution in [0.4, 0.5) is 0 Å². The molecule has 0 aliphatic heterocycles. The van der Waals surface area contributed by atoms with E-state index in [-0.39, 0.29) is 0 Å². The standard InChI is InChI=1S/C40H34/c1-2-12-31-26-32(25-20-27(31)10-1)40-37-17-7-5-15-35(37)39(36-16-6-8-18-38(36)40)30-23-21-29(22-24-30)34-19-9-13-28-11-3-4-14-33(28)34/h1-5,7,9,11-19,21,23,26-27H,6,8,10,20,22,24-25H2. The van der Waals surface area contributed by atoms with Crippen molar-refractivity contribution in [1.82, 2.24) is 0 Å². The van der Waals surface area contributed by atoms with Crippen molar-refractivity contribution < 1.29 is 0 Å². The van der Waals surface area contributed by atoms with Crippen LogP contribution in [0.5, 0.6) is 0 Å². The topological polar surface area (TPSA) is 0 Å². The van der Waals surface area contributed by atoms with E-state index >= 15 is 0 Å². The second kappa shape index (κ2) is 9.79. The van der Waals surface area contributed by atoms with Gasteiger partial charge in [0.2, 0.25) is 0 Å². The van der Waals surface area contributed by atoms with Crippen LogP contribution >= 0.6 is 0 Å². The molecule has 4 aromatic carbocycles. The summed E-state index contributed by atoms with van der Waals surface area (Å²) in [6.07, 6.45) is 27.3. The van der Waals surface area contributed by atoms with E-state index in [0.717, 1.165) is 25.7 Å². The summed E-state index contributed by atoms with van der Waals surface area (Å²) in [4.78, 5) is 0. The summed E-state index contributed by atoms with van der Waals surface area (Å²) in [6, 6.07) is 24.7. The Bertz CT molecular complexity index is 1960. The van der Waals surface area contributed by atoms with E-state index in [1.165, 1.54) is 90.2 Å². The zero-order valence-corrected chi connectivity index (χ0v) is 23.0. The second-order valence-electron chi connectivity index (χ2n) is 11.8. The van der Waals surface area contributed by atoms with Crippen LogP contribution < -0.4 is 10.4 Å². The number of benzene rings is 4. The fraction of sp³-hybridized carbons (Fsp3) is 0.200. The van der Waals surface area contributed by atoms with Crippen LogP contribution in [0, 0.1) is 5.92 Å². The van der Waals surface area contributed by atoms with Crippen LogP contribution in [0.1, 0.15) is 61.6 Å². The molecule has 4 aliphatic rings. The normalized spacial score (nSPS) is 19.9. The van der Waals surface area contributed by atoms with Crippen molar-refractivity contribution in [1.29, 1.82) is 0 Å². The Morgan fingerprint density at radius 1 is 0.575 bits per heavy atom. The molecule has 0 radical (unpaired) electrons. The van der Waals surface area contributed by atoms with Crippen LogP contribution in [-0.4, -0.2) is 0 Å². The number of rotatable bonds is 3. The zero-order chi connectivity index (χ0) is 26.5. The zero-order valence-electron chi connectivity index (χ0n) is 23.0. The Balaban J connectivity index is 1.31. The van der Waals surface area contributed by atoms with Crippen molar-refractivity contribution in [2.24, 2.45) is 5.92 Å². The van der Waals surface area contributed by atoms with Gasteiger partial charge in [0.05, 0.1) is 0 Å². The quantitative estimate of drug-likeness (QED) is 0.255. The molecular formula is C40H34. The number of fused-ring (bicyclic) bond motifs is 4. The fourth-order valence-corrected chi connectivity index (χ4v) is 7.57. The number of hydrogen-bond acceptors (Lipinski definition) is 0. The van der Waals surface area contributed by atoms with Gasteiger partial charge in [-0.2, -0.15) is 0 Å². The van der Waals surface area contributed by atoms with E-state index in [1.54, 1.807) is 0 Å². The maximum Gasteiger partial charge on any atom is -0.00700 e. The van der Waals surface area contributed by atoms with Crippen LogP contribution in [0.15, 0.2) is 109 Å². The van der Waals surface area contributed by atoms with E-state index in [0.29, 0.717) is 5.92 Å². The molecule has 0 spiro atoms. The summed E-state index contributed by atoms with van der Waals surface area (Å²) >= 11 is 0. The minimum Gasteiger partial charge on any atom is -0.0839 e. The van der Waals surface area contributed by atoms with Crippen LogP contribution in [0.2, 0.25) is 0 Å². The molecule has 194 valence electrons. The lowest BCUT2D eigenvalue weighted by Crippen LogP contribution is -2.34. The summed E-state index contributed by atoms with van der Waals surface area (Å²) in [5, 5.41) is 8.45. The highest BCUT2D eigenvalue weighted by Crippen LogP contribution is 2.40. The Morgan fingerprint density at radius 3 is 2.02 bits per heavy atom. The molecule has 40 heavy (non-hydrogen) atoms. The Kier molecular flexibility index (Phi) is 5.80. The summed E-state index contributed by atoms with van der Waals surface area (Å²) in [5.74, 6) is 0.695. The molecule has 0 amide bonds. The second-order valence-corrected chi connectivity index (χ2v) is 11.8. The number of hydrogen-bond donors (Lipinski definition) is 0. The highest BCUT2D eigenvalue weighted by Gasteiger charge is 2.24. The van der Waals surface area contributed by atoms with Gasteiger partial charge >= 0.3 is 0 Å². The molecule has 0 saturated carbocycles. The van der Waals surface area contributed by atoms with E-state index in [9.17, 15) is 0 Å². The van der Waals surface area contributed by atoms with Gasteiger partial charge in [0.1, 0.15) is 0 Å². The molecule has 0 bridgehead atoms. The average Bonchev–Trinajstić information content (AvgIpc) is 3.03. The van der Waals surface area contributed by atoms with Gasteiger partial charge in [-0.3, -0.25) is 0 Å². The highest BCUT2D eigenvalue weighted by molar-refractivity contribution is 6.03. The Labute approximate surface area is 236 Å². The third-order valence-corrected chi connectivity index (χ3v) is 9.51. The Morgan fingerprint density at radius 2 is 1.25 bits per heavy atom. The molecule has 0 heterocycles. The van der Waals surface area contributed by atoms with E-state index in [4.69, 9.17) is 0 Å². The largest absolute Gasteiger partial charge is 0.0839 e. The van der Waals surface area contributed by atoms with Crippen molar-refractivity contribution >= 4 is 50.4 Å².